The minimum absolute atomic E-state index is 0. The van der Waals surface area contributed by atoms with Crippen molar-refractivity contribution in [3.05, 3.63) is 201 Å². The van der Waals surface area contributed by atoms with Gasteiger partial charge in [0.05, 0.1) is 0 Å². The van der Waals surface area contributed by atoms with Gasteiger partial charge in [-0.1, -0.05) is 131 Å². The van der Waals surface area contributed by atoms with Crippen molar-refractivity contribution in [1.29, 1.82) is 0 Å². The van der Waals surface area contributed by atoms with Gasteiger partial charge in [-0.2, -0.15) is 6.08 Å². The van der Waals surface area contributed by atoms with E-state index in [1.54, 1.807) is 0 Å². The van der Waals surface area contributed by atoms with Crippen LogP contribution in [0.4, 0.5) is 0 Å². The Hall–Kier alpha value is -3.29. The predicted molar refractivity (Wildman–Crippen MR) is 244 cm³/mol. The van der Waals surface area contributed by atoms with Crippen LogP contribution in [0.3, 0.4) is 0 Å². The Morgan fingerprint density at radius 1 is 0.589 bits per heavy atom. The van der Waals surface area contributed by atoms with Gasteiger partial charge in [-0.05, 0) is 39.5 Å². The topological polar surface area (TPSA) is 0 Å². The maximum atomic E-state index is 5.86. The number of allylic oxidation sites excluding steroid dienone is 4. The van der Waals surface area contributed by atoms with Crippen LogP contribution in [0.25, 0.3) is 33.4 Å². The fraction of sp³-hybridized carbons (Fsp3) is 0.196. The molecule has 0 bridgehead atoms. The Labute approximate surface area is 372 Å². The molecule has 0 amide bonds. The molecule has 0 spiro atoms. The number of fused-ring (bicyclic) bond motifs is 3. The molecule has 0 nitrogen and oxygen atoms in total. The molecular formula is C51H48Cl4Zr. The van der Waals surface area contributed by atoms with Crippen LogP contribution in [0.2, 0.25) is 10.0 Å². The summed E-state index contributed by atoms with van der Waals surface area (Å²) in [6, 6.07) is 48.7. The minimum atomic E-state index is 0. The monoisotopic (exact) mass is 890 g/mol. The quantitative estimate of drug-likeness (QED) is 0.154. The van der Waals surface area contributed by atoms with Crippen molar-refractivity contribution in [2.45, 2.75) is 65.2 Å². The average Bonchev–Trinajstić information content (AvgIpc) is 3.86. The molecule has 0 N–H and O–H groups in total. The first-order chi connectivity index (χ1) is 25.8. The van der Waals surface area contributed by atoms with Gasteiger partial charge in [0.2, 0.25) is 0 Å². The smallest absolute Gasteiger partial charge is 0.109 e. The zero-order valence-corrected chi connectivity index (χ0v) is 38.4. The number of benzene rings is 6. The van der Waals surface area contributed by atoms with E-state index in [0.717, 1.165) is 22.9 Å². The molecule has 0 heterocycles. The number of hydrogen-bond acceptors (Lipinski definition) is 0. The molecular weight excluding hydrogens is 846 g/mol. The molecule has 8 rings (SSSR count). The normalized spacial score (nSPS) is 12.2. The van der Waals surface area contributed by atoms with Gasteiger partial charge in [0, 0.05) is 0 Å². The van der Waals surface area contributed by atoms with E-state index >= 15 is 0 Å². The third kappa shape index (κ3) is 11.2. The van der Waals surface area contributed by atoms with Gasteiger partial charge >= 0.3 is 120 Å². The third-order valence-electron chi connectivity index (χ3n) is 9.67. The zero-order chi connectivity index (χ0) is 38.5. The van der Waals surface area contributed by atoms with Crippen LogP contribution >= 0.6 is 48.0 Å². The molecule has 6 aromatic rings. The molecule has 0 aliphatic heterocycles. The maximum Gasteiger partial charge on any atom is -0.109 e. The van der Waals surface area contributed by atoms with Gasteiger partial charge in [-0.25, -0.2) is 12.2 Å². The molecule has 0 atom stereocenters. The number of hydrogen-bond donors (Lipinski definition) is 0. The Morgan fingerprint density at radius 3 is 1.54 bits per heavy atom. The summed E-state index contributed by atoms with van der Waals surface area (Å²) >= 11 is 13.1. The summed E-state index contributed by atoms with van der Waals surface area (Å²) in [4.78, 5) is 0. The van der Waals surface area contributed by atoms with Crippen LogP contribution in [0.15, 0.2) is 146 Å². The van der Waals surface area contributed by atoms with Crippen LogP contribution in [-0.2, 0) is 41.5 Å². The van der Waals surface area contributed by atoms with E-state index in [1.165, 1.54) is 94.2 Å². The summed E-state index contributed by atoms with van der Waals surface area (Å²) in [6.07, 6.45) is 10.9. The van der Waals surface area contributed by atoms with Crippen molar-refractivity contribution in [3.63, 3.8) is 0 Å². The number of rotatable bonds is 4. The van der Waals surface area contributed by atoms with E-state index in [2.05, 4.69) is 139 Å². The Kier molecular flexibility index (Phi) is 16.2. The molecule has 0 fully saturated rings. The summed E-state index contributed by atoms with van der Waals surface area (Å²) in [5.41, 5.74) is 15.9. The maximum absolute atomic E-state index is 5.86. The van der Waals surface area contributed by atoms with Crippen LogP contribution in [0.5, 0.6) is 0 Å². The van der Waals surface area contributed by atoms with Crippen molar-refractivity contribution in [2.24, 2.45) is 0 Å². The second kappa shape index (κ2) is 19.9. The third-order valence-corrected chi connectivity index (χ3v) is 11.6. The predicted octanol–water partition coefficient (Wildman–Crippen LogP) is 15.2. The van der Waals surface area contributed by atoms with Gasteiger partial charge in [0.1, 0.15) is 0 Å². The van der Waals surface area contributed by atoms with Crippen molar-refractivity contribution in [1.82, 2.24) is 0 Å². The summed E-state index contributed by atoms with van der Waals surface area (Å²) in [6.45, 7) is 13.9. The first-order valence-corrected chi connectivity index (χ1v) is 20.5. The van der Waals surface area contributed by atoms with Crippen LogP contribution in [-0.4, -0.2) is 3.21 Å². The van der Waals surface area contributed by atoms with Gasteiger partial charge in [0.25, 0.3) is 0 Å². The molecule has 0 radical (unpaired) electrons. The summed E-state index contributed by atoms with van der Waals surface area (Å²) in [5.74, 6) is 0. The Balaban J connectivity index is 0.000000252. The summed E-state index contributed by atoms with van der Waals surface area (Å²) < 4.78 is 1.31. The zero-order valence-electron chi connectivity index (χ0n) is 32.8. The van der Waals surface area contributed by atoms with Crippen LogP contribution in [0, 0.1) is 12.1 Å². The van der Waals surface area contributed by atoms with Crippen molar-refractivity contribution in [3.8, 4) is 33.4 Å². The fourth-order valence-corrected chi connectivity index (χ4v) is 7.91. The minimum Gasteiger partial charge on any atom is -0.273 e. The average molecular weight is 894 g/mol. The van der Waals surface area contributed by atoms with E-state index in [0.29, 0.717) is 0 Å². The molecule has 284 valence electrons. The first-order valence-electron chi connectivity index (χ1n) is 18.5. The van der Waals surface area contributed by atoms with Crippen molar-refractivity contribution < 1.29 is 24.2 Å². The molecule has 2 aliphatic carbocycles. The molecule has 0 saturated carbocycles. The first kappa shape index (κ1) is 45.4. The standard InChI is InChI=1S/C33H33.C13H8Cl2.C5H5.2ClH.Zr/c1-32(2,3)30-20-26-24(18-28(30)22-13-9-7-10-14-22)17-25-19-29(23-15-11-8-12-16-23)31(21-27(25)26)33(4,5)6;14-12-5-1-10(2-6-12)9-11-3-7-13(15)8-4-11;1-2-4-5-3-1;;;/h7-16,18,20-21H,17H2,1-6H3;1-8H;1-3H,4H2;2*1H;/q-1;;-1;;;+2. The van der Waals surface area contributed by atoms with E-state index in [9.17, 15) is 0 Å². The van der Waals surface area contributed by atoms with E-state index < -0.39 is 0 Å². The number of halogens is 4. The van der Waals surface area contributed by atoms with Crippen molar-refractivity contribution in [2.75, 3.05) is 0 Å². The largest absolute Gasteiger partial charge is 0.273 e. The molecule has 2 aliphatic rings. The second-order valence-corrected chi connectivity index (χ2v) is 17.9. The molecule has 56 heavy (non-hydrogen) atoms. The second-order valence-electron chi connectivity index (χ2n) is 15.8. The molecule has 0 saturated heterocycles. The van der Waals surface area contributed by atoms with E-state index in [4.69, 9.17) is 23.2 Å². The summed E-state index contributed by atoms with van der Waals surface area (Å²) in [7, 11) is 0. The molecule has 6 aromatic carbocycles. The van der Waals surface area contributed by atoms with Gasteiger partial charge in [-0.15, -0.1) is 60.1 Å². The fourth-order valence-electron chi connectivity index (χ4n) is 6.84. The summed E-state index contributed by atoms with van der Waals surface area (Å²) in [5, 5.41) is 1.53. The molecule has 0 unspecified atom stereocenters. The molecule has 0 aromatic heterocycles. The van der Waals surface area contributed by atoms with Crippen LogP contribution in [0.1, 0.15) is 81.3 Å². The SMILES string of the molecule is CC(C)(C)c1cc2c([c-]c1-c1ccccc1)Cc1cc(-c3ccccc3)c(C(C)(C)C)cc1-2.Cl.Cl.Clc1ccc([C](=[Zr+2])c2ccc(Cl)cc2)cc1.[C-]1=CC=CC1. The molecule has 5 heteroatoms. The van der Waals surface area contributed by atoms with Crippen molar-refractivity contribution >= 4 is 51.2 Å². The van der Waals surface area contributed by atoms with Crippen LogP contribution < -0.4 is 0 Å². The Bertz CT molecular complexity index is 2130. The van der Waals surface area contributed by atoms with E-state index in [-0.39, 0.29) is 35.6 Å². The van der Waals surface area contributed by atoms with Gasteiger partial charge in [0.15, 0.2) is 0 Å². The Morgan fingerprint density at radius 2 is 1.09 bits per heavy atom. The van der Waals surface area contributed by atoms with Gasteiger partial charge in [-0.3, -0.25) is 6.08 Å². The van der Waals surface area contributed by atoms with E-state index in [1.807, 2.05) is 60.7 Å². The van der Waals surface area contributed by atoms with Gasteiger partial charge < -0.3 is 0 Å².